The van der Waals surface area contributed by atoms with Gasteiger partial charge in [-0.3, -0.25) is 4.79 Å². The van der Waals surface area contributed by atoms with Gasteiger partial charge in [0.2, 0.25) is 0 Å². The highest BCUT2D eigenvalue weighted by Gasteiger charge is 2.22. The van der Waals surface area contributed by atoms with Crippen molar-refractivity contribution in [1.82, 2.24) is 15.0 Å². The van der Waals surface area contributed by atoms with Crippen molar-refractivity contribution in [2.24, 2.45) is 0 Å². The number of benzene rings is 1. The fraction of sp³-hybridized carbons (Fsp3) is 0.316. The van der Waals surface area contributed by atoms with E-state index in [1.807, 2.05) is 51.1 Å². The van der Waals surface area contributed by atoms with Crippen LogP contribution in [0.2, 0.25) is 5.02 Å². The summed E-state index contributed by atoms with van der Waals surface area (Å²) in [6, 6.07) is 9.35. The maximum atomic E-state index is 13.1. The lowest BCUT2D eigenvalue weighted by molar-refractivity contribution is 0.0787. The molecule has 3 rings (SSSR count). The number of rotatable bonds is 4. The summed E-state index contributed by atoms with van der Waals surface area (Å²) in [6.07, 6.45) is 0. The zero-order valence-corrected chi connectivity index (χ0v) is 15.5. The summed E-state index contributed by atoms with van der Waals surface area (Å²) in [4.78, 5) is 19.2. The van der Waals surface area contributed by atoms with E-state index in [-0.39, 0.29) is 11.8 Å². The summed E-state index contributed by atoms with van der Waals surface area (Å²) in [7, 11) is 1.76. The molecule has 0 fully saturated rings. The van der Waals surface area contributed by atoms with E-state index in [9.17, 15) is 4.79 Å². The second-order valence-electron chi connectivity index (χ2n) is 6.45. The molecular weight excluding hydrogens is 338 g/mol. The van der Waals surface area contributed by atoms with Gasteiger partial charge in [-0.25, -0.2) is 4.98 Å². The molecule has 0 radical (unpaired) electrons. The lowest BCUT2D eigenvalue weighted by atomic mass is 10.0. The zero-order valence-electron chi connectivity index (χ0n) is 14.7. The molecule has 3 aromatic rings. The lowest BCUT2D eigenvalue weighted by Gasteiger charge is -2.19. The smallest absolute Gasteiger partial charge is 0.259 e. The number of fused-ring (bicyclic) bond motifs is 1. The van der Waals surface area contributed by atoms with E-state index in [0.717, 1.165) is 11.3 Å². The van der Waals surface area contributed by atoms with Gasteiger partial charge in [0.05, 0.1) is 16.6 Å². The van der Waals surface area contributed by atoms with Gasteiger partial charge in [-0.1, -0.05) is 48.8 Å². The van der Waals surface area contributed by atoms with Crippen LogP contribution in [0.25, 0.3) is 11.1 Å². The molecule has 0 unspecified atom stereocenters. The Labute approximate surface area is 151 Å². The summed E-state index contributed by atoms with van der Waals surface area (Å²) in [5, 5.41) is 5.28. The molecule has 5 nitrogen and oxygen atoms in total. The van der Waals surface area contributed by atoms with Crippen LogP contribution >= 0.6 is 11.6 Å². The van der Waals surface area contributed by atoms with E-state index in [1.54, 1.807) is 11.9 Å². The van der Waals surface area contributed by atoms with Crippen LogP contribution in [0.3, 0.4) is 0 Å². The first-order chi connectivity index (χ1) is 11.9. The molecule has 1 aromatic carbocycles. The molecule has 0 saturated carbocycles. The van der Waals surface area contributed by atoms with Crippen molar-refractivity contribution >= 4 is 28.6 Å². The van der Waals surface area contributed by atoms with Gasteiger partial charge in [-0.2, -0.15) is 0 Å². The Hall–Kier alpha value is -2.40. The Morgan fingerprint density at radius 2 is 2.04 bits per heavy atom. The highest BCUT2D eigenvalue weighted by Crippen LogP contribution is 2.26. The third-order valence-corrected chi connectivity index (χ3v) is 4.54. The van der Waals surface area contributed by atoms with Gasteiger partial charge in [0.25, 0.3) is 11.6 Å². The molecule has 6 heteroatoms. The third-order valence-electron chi connectivity index (χ3n) is 4.17. The number of hydrogen-bond donors (Lipinski definition) is 0. The maximum absolute atomic E-state index is 13.1. The number of carbonyl (C=O) groups excluding carboxylic acids is 1. The van der Waals surface area contributed by atoms with Crippen molar-refractivity contribution in [3.8, 4) is 0 Å². The van der Waals surface area contributed by atoms with Crippen molar-refractivity contribution in [2.45, 2.75) is 33.2 Å². The Balaban J connectivity index is 2.01. The molecule has 0 atom stereocenters. The standard InChI is InChI=1S/C19H20ClN3O2/c1-11(2)16-9-14(17-12(3)22-25-18(17)21-16)19(24)23(4)10-13-7-5-6-8-15(13)20/h5-9,11H,10H2,1-4H3. The monoisotopic (exact) mass is 357 g/mol. The molecule has 25 heavy (non-hydrogen) atoms. The van der Waals surface area contributed by atoms with Crippen LogP contribution in [0.5, 0.6) is 0 Å². The molecule has 0 aliphatic carbocycles. The summed E-state index contributed by atoms with van der Waals surface area (Å²) < 4.78 is 5.29. The van der Waals surface area contributed by atoms with Gasteiger partial charge >= 0.3 is 0 Å². The number of amides is 1. The summed E-state index contributed by atoms with van der Waals surface area (Å²) in [6.45, 7) is 6.29. The molecule has 0 aliphatic heterocycles. The highest BCUT2D eigenvalue weighted by atomic mass is 35.5. The summed E-state index contributed by atoms with van der Waals surface area (Å²) >= 11 is 6.22. The molecule has 0 aliphatic rings. The van der Waals surface area contributed by atoms with Crippen LogP contribution in [0, 0.1) is 6.92 Å². The SMILES string of the molecule is Cc1noc2nc(C(C)C)cc(C(=O)N(C)Cc3ccccc3Cl)c12. The number of pyridine rings is 1. The van der Waals surface area contributed by atoms with E-state index in [2.05, 4.69) is 10.1 Å². The molecule has 0 N–H and O–H groups in total. The Morgan fingerprint density at radius 3 is 2.72 bits per heavy atom. The Bertz CT molecular complexity index is 934. The fourth-order valence-electron chi connectivity index (χ4n) is 2.74. The van der Waals surface area contributed by atoms with Crippen LogP contribution in [-0.2, 0) is 6.54 Å². The van der Waals surface area contributed by atoms with Crippen molar-refractivity contribution in [1.29, 1.82) is 0 Å². The van der Waals surface area contributed by atoms with Gasteiger partial charge in [-0.15, -0.1) is 0 Å². The van der Waals surface area contributed by atoms with Gasteiger partial charge in [0.15, 0.2) is 0 Å². The van der Waals surface area contributed by atoms with Crippen molar-refractivity contribution in [2.75, 3.05) is 7.05 Å². The topological polar surface area (TPSA) is 59.2 Å². The molecule has 0 spiro atoms. The van der Waals surface area contributed by atoms with Crippen LogP contribution in [-0.4, -0.2) is 28.0 Å². The quantitative estimate of drug-likeness (QED) is 0.685. The van der Waals surface area contributed by atoms with E-state index >= 15 is 0 Å². The van der Waals surface area contributed by atoms with Crippen molar-refractivity contribution < 1.29 is 9.32 Å². The molecule has 2 aromatic heterocycles. The highest BCUT2D eigenvalue weighted by molar-refractivity contribution is 6.31. The van der Waals surface area contributed by atoms with Crippen molar-refractivity contribution in [3.63, 3.8) is 0 Å². The molecule has 0 saturated heterocycles. The van der Waals surface area contributed by atoms with Gasteiger partial charge in [-0.05, 0) is 30.5 Å². The van der Waals surface area contributed by atoms with E-state index < -0.39 is 0 Å². The molecular formula is C19H20ClN3O2. The lowest BCUT2D eigenvalue weighted by Crippen LogP contribution is -2.27. The average molecular weight is 358 g/mol. The number of hydrogen-bond acceptors (Lipinski definition) is 4. The minimum absolute atomic E-state index is 0.111. The third kappa shape index (κ3) is 3.37. The Morgan fingerprint density at radius 1 is 1.32 bits per heavy atom. The second-order valence-corrected chi connectivity index (χ2v) is 6.86. The van der Waals surface area contributed by atoms with Gasteiger partial charge in [0, 0.05) is 24.3 Å². The largest absolute Gasteiger partial charge is 0.337 e. The first kappa shape index (κ1) is 17.4. The molecule has 0 bridgehead atoms. The maximum Gasteiger partial charge on any atom is 0.259 e. The number of carbonyl (C=O) groups is 1. The predicted molar refractivity (Wildman–Crippen MR) is 97.9 cm³/mol. The second kappa shape index (κ2) is 6.84. The predicted octanol–water partition coefficient (Wildman–Crippen LogP) is 4.58. The van der Waals surface area contributed by atoms with E-state index in [0.29, 0.717) is 33.9 Å². The van der Waals surface area contributed by atoms with Crippen LogP contribution in [0.1, 0.15) is 47.1 Å². The van der Waals surface area contributed by atoms with Crippen LogP contribution in [0.15, 0.2) is 34.9 Å². The molecule has 2 heterocycles. The van der Waals surface area contributed by atoms with E-state index in [1.165, 1.54) is 0 Å². The minimum atomic E-state index is -0.111. The zero-order chi connectivity index (χ0) is 18.1. The number of halogens is 1. The minimum Gasteiger partial charge on any atom is -0.337 e. The van der Waals surface area contributed by atoms with Crippen LogP contribution in [0.4, 0.5) is 0 Å². The summed E-state index contributed by atoms with van der Waals surface area (Å²) in [5.74, 6) is 0.0655. The molecule has 1 amide bonds. The van der Waals surface area contributed by atoms with Crippen LogP contribution < -0.4 is 0 Å². The number of nitrogens with zero attached hydrogens (tertiary/aromatic N) is 3. The Kier molecular flexibility index (Phi) is 4.77. The first-order valence-corrected chi connectivity index (χ1v) is 8.52. The number of aromatic nitrogens is 2. The first-order valence-electron chi connectivity index (χ1n) is 8.14. The summed E-state index contributed by atoms with van der Waals surface area (Å²) in [5.41, 5.74) is 3.32. The van der Waals surface area contributed by atoms with Crippen molar-refractivity contribution in [3.05, 3.63) is 57.9 Å². The number of aryl methyl sites for hydroxylation is 1. The van der Waals surface area contributed by atoms with Gasteiger partial charge in [0.1, 0.15) is 0 Å². The normalized spacial score (nSPS) is 11.3. The van der Waals surface area contributed by atoms with Gasteiger partial charge < -0.3 is 9.42 Å². The average Bonchev–Trinajstić information content (AvgIpc) is 2.96. The fourth-order valence-corrected chi connectivity index (χ4v) is 2.93. The molecule has 130 valence electrons. The van der Waals surface area contributed by atoms with E-state index in [4.69, 9.17) is 16.1 Å².